The van der Waals surface area contributed by atoms with E-state index < -0.39 is 11.9 Å². The van der Waals surface area contributed by atoms with Gasteiger partial charge in [0.25, 0.3) is 0 Å². The first-order chi connectivity index (χ1) is 9.00. The molecule has 1 aromatic rings. The molecular formula is C12H17F3N2OS. The van der Waals surface area contributed by atoms with Crippen LogP contribution in [0, 0.1) is 5.92 Å². The van der Waals surface area contributed by atoms with E-state index >= 15 is 0 Å². The van der Waals surface area contributed by atoms with Crippen LogP contribution in [-0.2, 0) is 12.7 Å². The van der Waals surface area contributed by atoms with E-state index in [1.165, 1.54) is 0 Å². The van der Waals surface area contributed by atoms with E-state index in [2.05, 4.69) is 10.3 Å². The Morgan fingerprint density at radius 1 is 1.37 bits per heavy atom. The van der Waals surface area contributed by atoms with Crippen LogP contribution in [0.5, 0.6) is 0 Å². The number of nitrogens with zero attached hydrogens (tertiary/aromatic N) is 1. The van der Waals surface area contributed by atoms with Crippen LogP contribution in [0.3, 0.4) is 0 Å². The molecular weight excluding hydrogens is 277 g/mol. The molecule has 0 bridgehead atoms. The highest BCUT2D eigenvalue weighted by Gasteiger charge is 2.33. The standard InChI is InChI=1S/C12H17F3N2OS/c13-12(14,15)10-7-19-11(17-10)5-16-9-4-2-1-3-8(9)6-18/h7-9,16,18H,1-6H2/t8-,9+/m1/s1. The number of aliphatic hydroxyl groups excluding tert-OH is 1. The molecule has 1 fully saturated rings. The lowest BCUT2D eigenvalue weighted by molar-refractivity contribution is -0.140. The minimum absolute atomic E-state index is 0.128. The van der Waals surface area contributed by atoms with Crippen LogP contribution in [0.15, 0.2) is 5.38 Å². The molecule has 2 N–H and O–H groups in total. The third kappa shape index (κ3) is 3.90. The average molecular weight is 294 g/mol. The van der Waals surface area contributed by atoms with Gasteiger partial charge < -0.3 is 10.4 Å². The molecule has 0 unspecified atom stereocenters. The van der Waals surface area contributed by atoms with Gasteiger partial charge in [0.1, 0.15) is 5.01 Å². The zero-order valence-corrected chi connectivity index (χ0v) is 11.2. The molecule has 108 valence electrons. The molecule has 7 heteroatoms. The summed E-state index contributed by atoms with van der Waals surface area (Å²) in [4.78, 5) is 3.59. The lowest BCUT2D eigenvalue weighted by Crippen LogP contribution is -2.39. The van der Waals surface area contributed by atoms with Gasteiger partial charge >= 0.3 is 6.18 Å². The predicted molar refractivity (Wildman–Crippen MR) is 66.8 cm³/mol. The smallest absolute Gasteiger partial charge is 0.396 e. The van der Waals surface area contributed by atoms with Gasteiger partial charge in [0.15, 0.2) is 5.69 Å². The fraction of sp³-hybridized carbons (Fsp3) is 0.750. The second kappa shape index (κ2) is 6.19. The fourth-order valence-corrected chi connectivity index (χ4v) is 3.19. The molecule has 19 heavy (non-hydrogen) atoms. The number of halogens is 3. The zero-order valence-electron chi connectivity index (χ0n) is 10.4. The molecule has 3 nitrogen and oxygen atoms in total. The molecule has 1 aromatic heterocycles. The highest BCUT2D eigenvalue weighted by atomic mass is 32.1. The molecule has 1 saturated carbocycles. The highest BCUT2D eigenvalue weighted by Crippen LogP contribution is 2.30. The largest absolute Gasteiger partial charge is 0.434 e. The van der Waals surface area contributed by atoms with Crippen molar-refractivity contribution in [1.82, 2.24) is 10.3 Å². The van der Waals surface area contributed by atoms with Crippen LogP contribution in [0.25, 0.3) is 0 Å². The van der Waals surface area contributed by atoms with Gasteiger partial charge in [0, 0.05) is 24.6 Å². The van der Waals surface area contributed by atoms with Crippen molar-refractivity contribution in [2.45, 2.75) is 44.4 Å². The average Bonchev–Trinajstić information content (AvgIpc) is 2.85. The summed E-state index contributed by atoms with van der Waals surface area (Å²) >= 11 is 1.02. The van der Waals surface area contributed by atoms with Crippen LogP contribution in [0.4, 0.5) is 13.2 Å². The van der Waals surface area contributed by atoms with Crippen LogP contribution >= 0.6 is 11.3 Å². The van der Waals surface area contributed by atoms with E-state index in [0.717, 1.165) is 42.4 Å². The molecule has 0 radical (unpaired) electrons. The highest BCUT2D eigenvalue weighted by molar-refractivity contribution is 7.09. The number of hydrogen-bond donors (Lipinski definition) is 2. The zero-order chi connectivity index (χ0) is 13.9. The monoisotopic (exact) mass is 294 g/mol. The summed E-state index contributed by atoms with van der Waals surface area (Å²) in [6, 6.07) is 0.178. The quantitative estimate of drug-likeness (QED) is 0.897. The predicted octanol–water partition coefficient (Wildman–Crippen LogP) is 2.80. The minimum atomic E-state index is -4.37. The molecule has 1 heterocycles. The second-order valence-corrected chi connectivity index (χ2v) is 5.78. The van der Waals surface area contributed by atoms with Gasteiger partial charge in [-0.15, -0.1) is 11.3 Å². The number of nitrogens with one attached hydrogen (secondary N) is 1. The van der Waals surface area contributed by atoms with E-state index in [0.29, 0.717) is 11.6 Å². The Labute approximate surface area is 113 Å². The third-order valence-corrected chi connectivity index (χ3v) is 4.35. The van der Waals surface area contributed by atoms with Crippen molar-refractivity contribution >= 4 is 11.3 Å². The lowest BCUT2D eigenvalue weighted by Gasteiger charge is -2.30. The van der Waals surface area contributed by atoms with Crippen LogP contribution in [0.1, 0.15) is 36.4 Å². The van der Waals surface area contributed by atoms with Crippen molar-refractivity contribution in [3.05, 3.63) is 16.1 Å². The molecule has 0 amide bonds. The minimum Gasteiger partial charge on any atom is -0.396 e. The molecule has 0 aromatic carbocycles. The summed E-state index contributed by atoms with van der Waals surface area (Å²) in [7, 11) is 0. The van der Waals surface area contributed by atoms with Crippen LogP contribution in [0.2, 0.25) is 0 Å². The number of aliphatic hydroxyl groups is 1. The Kier molecular flexibility index (Phi) is 4.81. The van der Waals surface area contributed by atoms with Gasteiger partial charge in [-0.3, -0.25) is 0 Å². The molecule has 2 atom stereocenters. The maximum absolute atomic E-state index is 12.4. The third-order valence-electron chi connectivity index (χ3n) is 3.50. The maximum Gasteiger partial charge on any atom is 0.434 e. The van der Waals surface area contributed by atoms with Gasteiger partial charge in [-0.05, 0) is 18.8 Å². The van der Waals surface area contributed by atoms with E-state index in [4.69, 9.17) is 0 Å². The van der Waals surface area contributed by atoms with Crippen molar-refractivity contribution in [1.29, 1.82) is 0 Å². The molecule has 0 aliphatic heterocycles. The van der Waals surface area contributed by atoms with E-state index in [1.807, 2.05) is 0 Å². The van der Waals surface area contributed by atoms with Gasteiger partial charge in [-0.25, -0.2) is 4.98 Å². The van der Waals surface area contributed by atoms with Crippen LogP contribution in [-0.4, -0.2) is 22.7 Å². The van der Waals surface area contributed by atoms with Crippen molar-refractivity contribution < 1.29 is 18.3 Å². The lowest BCUT2D eigenvalue weighted by atomic mass is 9.85. The summed E-state index contributed by atoms with van der Waals surface area (Å²) < 4.78 is 37.2. The number of thiazole rings is 1. The van der Waals surface area contributed by atoms with Crippen molar-refractivity contribution in [3.8, 4) is 0 Å². The fourth-order valence-electron chi connectivity index (χ4n) is 2.44. The molecule has 0 saturated heterocycles. The van der Waals surface area contributed by atoms with Crippen molar-refractivity contribution in [2.75, 3.05) is 6.61 Å². The first-order valence-corrected chi connectivity index (χ1v) is 7.24. The number of hydrogen-bond acceptors (Lipinski definition) is 4. The van der Waals surface area contributed by atoms with Gasteiger partial charge in [-0.1, -0.05) is 12.8 Å². The van der Waals surface area contributed by atoms with Gasteiger partial charge in [0.05, 0.1) is 0 Å². The van der Waals surface area contributed by atoms with E-state index in [9.17, 15) is 18.3 Å². The summed E-state index contributed by atoms with van der Waals surface area (Å²) in [5, 5.41) is 14.0. The Morgan fingerprint density at radius 2 is 2.11 bits per heavy atom. The molecule has 0 spiro atoms. The van der Waals surface area contributed by atoms with Crippen LogP contribution < -0.4 is 5.32 Å². The summed E-state index contributed by atoms with van der Waals surface area (Å²) in [6.45, 7) is 0.464. The Bertz CT molecular complexity index is 408. The molecule has 2 rings (SSSR count). The number of aromatic nitrogens is 1. The van der Waals surface area contributed by atoms with Crippen molar-refractivity contribution in [3.63, 3.8) is 0 Å². The summed E-state index contributed by atoms with van der Waals surface area (Å²) in [5.74, 6) is 0.204. The Balaban J connectivity index is 1.89. The maximum atomic E-state index is 12.4. The van der Waals surface area contributed by atoms with Gasteiger partial charge in [-0.2, -0.15) is 13.2 Å². The first-order valence-electron chi connectivity index (χ1n) is 6.36. The second-order valence-electron chi connectivity index (χ2n) is 4.84. The SMILES string of the molecule is OC[C@H]1CCCC[C@@H]1NCc1nc(C(F)(F)F)cs1. The normalized spacial score (nSPS) is 24.6. The first kappa shape index (κ1) is 14.7. The van der Waals surface area contributed by atoms with E-state index in [1.54, 1.807) is 0 Å². The topological polar surface area (TPSA) is 45.1 Å². The molecule has 1 aliphatic carbocycles. The number of alkyl halides is 3. The van der Waals surface area contributed by atoms with Gasteiger partial charge in [0.2, 0.25) is 0 Å². The summed E-state index contributed by atoms with van der Waals surface area (Å²) in [5.41, 5.74) is -0.823. The van der Waals surface area contributed by atoms with Crippen molar-refractivity contribution in [2.24, 2.45) is 5.92 Å². The molecule has 1 aliphatic rings. The Morgan fingerprint density at radius 3 is 2.74 bits per heavy atom. The summed E-state index contributed by atoms with van der Waals surface area (Å²) in [6.07, 6.45) is -0.228. The number of rotatable bonds is 4. The Hall–Kier alpha value is -0.660. The van der Waals surface area contributed by atoms with E-state index in [-0.39, 0.29) is 18.6 Å².